The number of benzene rings is 1. The summed E-state index contributed by atoms with van der Waals surface area (Å²) < 4.78 is 2.30. The van der Waals surface area contributed by atoms with Gasteiger partial charge in [-0.05, 0) is 18.1 Å². The van der Waals surface area contributed by atoms with Crippen molar-refractivity contribution in [2.24, 2.45) is 14.1 Å². The summed E-state index contributed by atoms with van der Waals surface area (Å²) in [4.78, 5) is 41.2. The highest BCUT2D eigenvalue weighted by Gasteiger charge is 2.17. The number of nitrogens with zero attached hydrogens (tertiary/aromatic N) is 3. The first-order valence-electron chi connectivity index (χ1n) is 7.79. The van der Waals surface area contributed by atoms with Gasteiger partial charge >= 0.3 is 5.69 Å². The van der Waals surface area contributed by atoms with Crippen molar-refractivity contribution >= 4 is 22.6 Å². The van der Waals surface area contributed by atoms with Crippen LogP contribution in [0, 0.1) is 6.92 Å². The highest BCUT2D eigenvalue weighted by atomic mass is 16.2. The lowest BCUT2D eigenvalue weighted by molar-refractivity contribution is -0.115. The first-order valence-corrected chi connectivity index (χ1v) is 7.79. The van der Waals surface area contributed by atoms with Gasteiger partial charge in [-0.3, -0.25) is 18.7 Å². The average molecular weight is 338 g/mol. The molecule has 128 valence electrons. The molecule has 2 heterocycles. The molecule has 0 saturated heterocycles. The smallest absolute Gasteiger partial charge is 0.325 e. The number of hydrogen-bond donors (Lipinski definition) is 1. The number of carbonyl (C=O) groups excluding carboxylic acids is 1. The van der Waals surface area contributed by atoms with Gasteiger partial charge in [0.05, 0.1) is 12.1 Å². The maximum absolute atomic E-state index is 12.6. The monoisotopic (exact) mass is 338 g/mol. The first kappa shape index (κ1) is 16.6. The van der Waals surface area contributed by atoms with Gasteiger partial charge in [-0.1, -0.05) is 30.3 Å². The van der Waals surface area contributed by atoms with Crippen molar-refractivity contribution < 1.29 is 4.79 Å². The Morgan fingerprint density at radius 1 is 1.12 bits per heavy atom. The van der Waals surface area contributed by atoms with Crippen LogP contribution in [0.4, 0.5) is 5.69 Å². The Bertz CT molecular complexity index is 1080. The lowest BCUT2D eigenvalue weighted by atomic mass is 10.1. The number of fused-ring (bicyclic) bond motifs is 1. The normalized spacial score (nSPS) is 10.8. The molecule has 7 heteroatoms. The molecule has 2 aromatic heterocycles. The van der Waals surface area contributed by atoms with Gasteiger partial charge in [0.1, 0.15) is 5.39 Å². The molecule has 3 aromatic rings. The number of anilines is 1. The molecule has 0 aliphatic rings. The second-order valence-corrected chi connectivity index (χ2v) is 5.93. The highest BCUT2D eigenvalue weighted by molar-refractivity contribution is 6.01. The molecule has 0 aliphatic carbocycles. The molecule has 0 fully saturated rings. The van der Waals surface area contributed by atoms with Crippen molar-refractivity contribution in [2.75, 3.05) is 5.32 Å². The summed E-state index contributed by atoms with van der Waals surface area (Å²) >= 11 is 0. The van der Waals surface area contributed by atoms with Gasteiger partial charge < -0.3 is 5.32 Å². The third-order valence-electron chi connectivity index (χ3n) is 4.13. The number of pyridine rings is 1. The molecule has 0 spiro atoms. The minimum absolute atomic E-state index is 0.191. The average Bonchev–Trinajstić information content (AvgIpc) is 2.60. The van der Waals surface area contributed by atoms with Crippen LogP contribution in [0.1, 0.15) is 11.1 Å². The fraction of sp³-hybridized carbons (Fsp3) is 0.222. The fourth-order valence-electron chi connectivity index (χ4n) is 2.75. The van der Waals surface area contributed by atoms with E-state index in [0.29, 0.717) is 11.3 Å². The zero-order valence-electron chi connectivity index (χ0n) is 14.2. The van der Waals surface area contributed by atoms with E-state index in [9.17, 15) is 14.4 Å². The van der Waals surface area contributed by atoms with E-state index in [2.05, 4.69) is 10.3 Å². The van der Waals surface area contributed by atoms with E-state index in [-0.39, 0.29) is 23.4 Å². The van der Waals surface area contributed by atoms with Crippen LogP contribution in [0.15, 0.2) is 46.1 Å². The molecule has 1 N–H and O–H groups in total. The van der Waals surface area contributed by atoms with Gasteiger partial charge in [-0.15, -0.1) is 0 Å². The van der Waals surface area contributed by atoms with Gasteiger partial charge in [-0.2, -0.15) is 0 Å². The van der Waals surface area contributed by atoms with E-state index >= 15 is 0 Å². The number of rotatable bonds is 3. The van der Waals surface area contributed by atoms with Crippen LogP contribution in [0.3, 0.4) is 0 Å². The van der Waals surface area contributed by atoms with E-state index in [1.165, 1.54) is 11.6 Å². The Labute approximate surface area is 143 Å². The molecule has 3 rings (SSSR count). The Morgan fingerprint density at radius 3 is 2.48 bits per heavy atom. The maximum atomic E-state index is 12.6. The lowest BCUT2D eigenvalue weighted by Gasteiger charge is -2.13. The van der Waals surface area contributed by atoms with Gasteiger partial charge in [0.25, 0.3) is 5.56 Å². The molecule has 0 atom stereocenters. The summed E-state index contributed by atoms with van der Waals surface area (Å²) in [5.74, 6) is -0.238. The van der Waals surface area contributed by atoms with Crippen molar-refractivity contribution in [3.63, 3.8) is 0 Å². The van der Waals surface area contributed by atoms with E-state index < -0.39 is 11.2 Å². The zero-order chi connectivity index (χ0) is 18.1. The fourth-order valence-corrected chi connectivity index (χ4v) is 2.75. The van der Waals surface area contributed by atoms with Crippen LogP contribution in [0.25, 0.3) is 11.0 Å². The number of carbonyl (C=O) groups is 1. The summed E-state index contributed by atoms with van der Waals surface area (Å²) in [5, 5.41) is 3.04. The van der Waals surface area contributed by atoms with Gasteiger partial charge in [0.15, 0.2) is 5.65 Å². The van der Waals surface area contributed by atoms with E-state index in [1.807, 2.05) is 30.3 Å². The van der Waals surface area contributed by atoms with Crippen molar-refractivity contribution in [2.45, 2.75) is 13.3 Å². The van der Waals surface area contributed by atoms with Crippen LogP contribution in [0.2, 0.25) is 0 Å². The first-order chi connectivity index (χ1) is 11.9. The van der Waals surface area contributed by atoms with E-state index in [0.717, 1.165) is 10.1 Å². The summed E-state index contributed by atoms with van der Waals surface area (Å²) in [7, 11) is 2.95. The molecule has 25 heavy (non-hydrogen) atoms. The Kier molecular flexibility index (Phi) is 4.22. The maximum Gasteiger partial charge on any atom is 0.332 e. The van der Waals surface area contributed by atoms with Crippen LogP contribution in [-0.4, -0.2) is 20.0 Å². The van der Waals surface area contributed by atoms with E-state index in [4.69, 9.17) is 0 Å². The molecule has 0 aliphatic heterocycles. The van der Waals surface area contributed by atoms with Gasteiger partial charge in [0, 0.05) is 20.3 Å². The molecule has 0 saturated carbocycles. The summed E-state index contributed by atoms with van der Waals surface area (Å²) in [5.41, 5.74) is 1.22. The molecule has 1 amide bonds. The molecule has 0 unspecified atom stereocenters. The number of aromatic nitrogens is 3. The number of hydrogen-bond acceptors (Lipinski definition) is 4. The van der Waals surface area contributed by atoms with E-state index in [1.54, 1.807) is 20.2 Å². The Hall–Kier alpha value is -3.22. The summed E-state index contributed by atoms with van der Waals surface area (Å²) in [6.07, 6.45) is 1.73. The molecule has 7 nitrogen and oxygen atoms in total. The lowest BCUT2D eigenvalue weighted by Crippen LogP contribution is -2.38. The number of nitrogens with one attached hydrogen (secondary N) is 1. The zero-order valence-corrected chi connectivity index (χ0v) is 14.2. The number of aryl methyl sites for hydroxylation is 2. The topological polar surface area (TPSA) is 86.0 Å². The Morgan fingerprint density at radius 2 is 1.80 bits per heavy atom. The quantitative estimate of drug-likeness (QED) is 0.775. The van der Waals surface area contributed by atoms with Crippen molar-refractivity contribution in [1.82, 2.24) is 14.1 Å². The SMILES string of the molecule is Cc1cnc2c(c1NC(=O)Cc1ccccc1)c(=O)n(C)c(=O)n2C. The van der Waals surface area contributed by atoms with Crippen molar-refractivity contribution in [1.29, 1.82) is 0 Å². The molecular weight excluding hydrogens is 320 g/mol. The third-order valence-corrected chi connectivity index (χ3v) is 4.13. The summed E-state index contributed by atoms with van der Waals surface area (Å²) in [6, 6.07) is 9.33. The second kappa shape index (κ2) is 6.35. The van der Waals surface area contributed by atoms with Crippen molar-refractivity contribution in [3.05, 3.63) is 68.5 Å². The standard InChI is InChI=1S/C18H18N4O3/c1-11-10-19-16-14(17(24)22(3)18(25)21(16)2)15(11)20-13(23)9-12-7-5-4-6-8-12/h4-8,10H,9H2,1-3H3,(H,19,20,23). The molecule has 0 bridgehead atoms. The van der Waals surface area contributed by atoms with Crippen LogP contribution in [-0.2, 0) is 25.3 Å². The van der Waals surface area contributed by atoms with Crippen molar-refractivity contribution in [3.8, 4) is 0 Å². The van der Waals surface area contributed by atoms with Crippen LogP contribution < -0.4 is 16.6 Å². The predicted molar refractivity (Wildman–Crippen MR) is 95.7 cm³/mol. The van der Waals surface area contributed by atoms with Crippen LogP contribution in [0.5, 0.6) is 0 Å². The second-order valence-electron chi connectivity index (χ2n) is 5.93. The summed E-state index contributed by atoms with van der Waals surface area (Å²) in [6.45, 7) is 1.76. The highest BCUT2D eigenvalue weighted by Crippen LogP contribution is 2.21. The van der Waals surface area contributed by atoms with Gasteiger partial charge in [0.2, 0.25) is 5.91 Å². The Balaban J connectivity index is 2.10. The largest absolute Gasteiger partial charge is 0.332 e. The minimum Gasteiger partial charge on any atom is -0.325 e. The minimum atomic E-state index is -0.482. The number of amides is 1. The van der Waals surface area contributed by atoms with Gasteiger partial charge in [-0.25, -0.2) is 9.78 Å². The predicted octanol–water partition coefficient (Wildman–Crippen LogP) is 1.12. The molecule has 1 aromatic carbocycles. The van der Waals surface area contributed by atoms with Crippen LogP contribution >= 0.6 is 0 Å². The molecule has 0 radical (unpaired) electrons. The molecular formula is C18H18N4O3. The third kappa shape index (κ3) is 2.96.